The van der Waals surface area contributed by atoms with Crippen molar-refractivity contribution < 1.29 is 0 Å². The van der Waals surface area contributed by atoms with Gasteiger partial charge in [0.25, 0.3) is 0 Å². The molecule has 1 aromatic heterocycles. The van der Waals surface area contributed by atoms with E-state index < -0.39 is 0 Å². The van der Waals surface area contributed by atoms with Crippen LogP contribution in [-0.2, 0) is 18.7 Å². The van der Waals surface area contributed by atoms with Crippen molar-refractivity contribution in [3.63, 3.8) is 0 Å². The van der Waals surface area contributed by atoms with Gasteiger partial charge in [0.1, 0.15) is 0 Å². The van der Waals surface area contributed by atoms with Crippen LogP contribution in [0.1, 0.15) is 34.4 Å². The highest BCUT2D eigenvalue weighted by Crippen LogP contribution is 2.32. The molecule has 0 spiro atoms. The number of rotatable bonds is 1. The molecular weight excluding hydrogens is 230 g/mol. The molecule has 1 nitrogen and oxygen atoms in total. The molecule has 2 aromatic rings. The summed E-state index contributed by atoms with van der Waals surface area (Å²) in [6.45, 7) is 4.28. The first kappa shape index (κ1) is 11.0. The number of alkyl halides is 1. The Morgan fingerprint density at radius 3 is 2.82 bits per heavy atom. The zero-order valence-corrected chi connectivity index (χ0v) is 11.1. The lowest BCUT2D eigenvalue weighted by Gasteiger charge is -2.12. The maximum Gasteiger partial charge on any atom is 0.0738 e. The Bertz CT molecular complexity index is 602. The molecule has 0 fully saturated rings. The van der Waals surface area contributed by atoms with E-state index in [0.29, 0.717) is 5.88 Å². The van der Waals surface area contributed by atoms with Gasteiger partial charge in [0.05, 0.1) is 5.52 Å². The monoisotopic (exact) mass is 245 g/mol. The van der Waals surface area contributed by atoms with Crippen LogP contribution in [0.3, 0.4) is 0 Å². The van der Waals surface area contributed by atoms with E-state index in [9.17, 15) is 0 Å². The Kier molecular flexibility index (Phi) is 2.59. The maximum atomic E-state index is 6.17. The van der Waals surface area contributed by atoms with E-state index in [4.69, 9.17) is 16.6 Å². The number of fused-ring (bicyclic) bond motifs is 2. The third-order valence-electron chi connectivity index (χ3n) is 3.70. The van der Waals surface area contributed by atoms with E-state index in [-0.39, 0.29) is 0 Å². The molecule has 1 aliphatic rings. The van der Waals surface area contributed by atoms with Gasteiger partial charge in [-0.25, -0.2) is 0 Å². The summed E-state index contributed by atoms with van der Waals surface area (Å²) in [6.07, 6.45) is 3.48. The van der Waals surface area contributed by atoms with Crippen molar-refractivity contribution >= 4 is 22.5 Å². The molecule has 0 saturated carbocycles. The molecule has 0 radical (unpaired) electrons. The quantitative estimate of drug-likeness (QED) is 0.690. The van der Waals surface area contributed by atoms with Crippen molar-refractivity contribution in [2.45, 2.75) is 39.0 Å². The van der Waals surface area contributed by atoms with Gasteiger partial charge in [0, 0.05) is 17.0 Å². The highest BCUT2D eigenvalue weighted by atomic mass is 35.5. The summed E-state index contributed by atoms with van der Waals surface area (Å²) in [5.41, 5.74) is 7.71. The molecule has 0 atom stereocenters. The first-order valence-corrected chi connectivity index (χ1v) is 6.71. The molecule has 0 bridgehead atoms. The van der Waals surface area contributed by atoms with Crippen molar-refractivity contribution in [1.82, 2.24) is 4.98 Å². The molecule has 1 aliphatic carbocycles. The van der Waals surface area contributed by atoms with E-state index >= 15 is 0 Å². The largest absolute Gasteiger partial charge is 0.252 e. The number of hydrogen-bond donors (Lipinski definition) is 0. The van der Waals surface area contributed by atoms with Crippen molar-refractivity contribution in [1.29, 1.82) is 0 Å². The van der Waals surface area contributed by atoms with Crippen molar-refractivity contribution in [2.24, 2.45) is 0 Å². The van der Waals surface area contributed by atoms with Crippen LogP contribution in [0, 0.1) is 13.8 Å². The SMILES string of the molecule is Cc1cc(C)c2nc3c(c(CCl)c2c1)CCC3. The predicted octanol–water partition coefficient (Wildman–Crippen LogP) is 4.08. The van der Waals surface area contributed by atoms with E-state index in [1.165, 1.54) is 39.8 Å². The molecule has 3 rings (SSSR count). The number of aromatic nitrogens is 1. The molecule has 0 aliphatic heterocycles. The average Bonchev–Trinajstić information content (AvgIpc) is 2.74. The number of halogens is 1. The lowest BCUT2D eigenvalue weighted by molar-refractivity contribution is 0.899. The fourth-order valence-corrected chi connectivity index (χ4v) is 3.27. The first-order chi connectivity index (χ1) is 8.20. The van der Waals surface area contributed by atoms with Crippen molar-refractivity contribution in [3.05, 3.63) is 40.1 Å². The lowest BCUT2D eigenvalue weighted by Crippen LogP contribution is -1.98. The van der Waals surface area contributed by atoms with Crippen LogP contribution in [-0.4, -0.2) is 4.98 Å². The van der Waals surface area contributed by atoms with Crippen LogP contribution in [0.15, 0.2) is 12.1 Å². The van der Waals surface area contributed by atoms with Crippen molar-refractivity contribution in [3.8, 4) is 0 Å². The molecule has 0 saturated heterocycles. The summed E-state index contributed by atoms with van der Waals surface area (Å²) < 4.78 is 0. The van der Waals surface area contributed by atoms with Gasteiger partial charge in [0.15, 0.2) is 0 Å². The van der Waals surface area contributed by atoms with E-state index in [0.717, 1.165) is 18.4 Å². The molecule has 0 amide bonds. The minimum absolute atomic E-state index is 0.601. The van der Waals surface area contributed by atoms with Crippen molar-refractivity contribution in [2.75, 3.05) is 0 Å². The third-order valence-corrected chi connectivity index (χ3v) is 3.97. The summed E-state index contributed by atoms with van der Waals surface area (Å²) in [4.78, 5) is 4.85. The summed E-state index contributed by atoms with van der Waals surface area (Å²) in [7, 11) is 0. The summed E-state index contributed by atoms with van der Waals surface area (Å²) in [6, 6.07) is 4.43. The standard InChI is InChI=1S/C15H16ClN/c1-9-6-10(2)15-12(7-9)13(8-16)11-4-3-5-14(11)17-15/h6-7H,3-5,8H2,1-2H3. The van der Waals surface area contributed by atoms with Crippen LogP contribution in [0.5, 0.6) is 0 Å². The molecule has 17 heavy (non-hydrogen) atoms. The summed E-state index contributed by atoms with van der Waals surface area (Å²) in [5, 5.41) is 1.26. The smallest absolute Gasteiger partial charge is 0.0738 e. The van der Waals surface area contributed by atoms with Gasteiger partial charge in [-0.3, -0.25) is 4.98 Å². The Hall–Kier alpha value is -1.08. The van der Waals surface area contributed by atoms with Crippen LogP contribution >= 0.6 is 11.6 Å². The fourth-order valence-electron chi connectivity index (χ4n) is 2.96. The minimum Gasteiger partial charge on any atom is -0.252 e. The Morgan fingerprint density at radius 2 is 2.06 bits per heavy atom. The average molecular weight is 246 g/mol. The molecule has 0 unspecified atom stereocenters. The Balaban J connectivity index is 2.45. The second-order valence-corrected chi connectivity index (χ2v) is 5.25. The molecule has 0 N–H and O–H groups in total. The highest BCUT2D eigenvalue weighted by molar-refractivity contribution is 6.18. The van der Waals surface area contributed by atoms with Crippen LogP contribution in [0.25, 0.3) is 10.9 Å². The predicted molar refractivity (Wildman–Crippen MR) is 72.8 cm³/mol. The number of nitrogens with zero attached hydrogens (tertiary/aromatic N) is 1. The molecule has 1 heterocycles. The van der Waals surface area contributed by atoms with E-state index in [2.05, 4.69) is 26.0 Å². The first-order valence-electron chi connectivity index (χ1n) is 6.18. The number of benzene rings is 1. The fraction of sp³-hybridized carbons (Fsp3) is 0.400. The number of hydrogen-bond acceptors (Lipinski definition) is 1. The van der Waals surface area contributed by atoms with Gasteiger partial charge in [-0.2, -0.15) is 0 Å². The van der Waals surface area contributed by atoms with Crippen LogP contribution < -0.4 is 0 Å². The summed E-state index contributed by atoms with van der Waals surface area (Å²) >= 11 is 6.17. The van der Waals surface area contributed by atoms with Gasteiger partial charge in [-0.15, -0.1) is 11.6 Å². The zero-order chi connectivity index (χ0) is 12.0. The lowest BCUT2D eigenvalue weighted by atomic mass is 9.98. The topological polar surface area (TPSA) is 12.9 Å². The van der Waals surface area contributed by atoms with Crippen LogP contribution in [0.4, 0.5) is 0 Å². The number of aryl methyl sites for hydroxylation is 3. The minimum atomic E-state index is 0.601. The van der Waals surface area contributed by atoms with Gasteiger partial charge < -0.3 is 0 Å². The van der Waals surface area contributed by atoms with Gasteiger partial charge >= 0.3 is 0 Å². The molecule has 88 valence electrons. The third kappa shape index (κ3) is 1.64. The molecule has 2 heteroatoms. The maximum absolute atomic E-state index is 6.17. The van der Waals surface area contributed by atoms with Gasteiger partial charge in [-0.1, -0.05) is 11.6 Å². The zero-order valence-electron chi connectivity index (χ0n) is 10.3. The van der Waals surface area contributed by atoms with Gasteiger partial charge in [-0.05, 0) is 55.9 Å². The van der Waals surface area contributed by atoms with E-state index in [1.54, 1.807) is 0 Å². The molecule has 1 aromatic carbocycles. The number of pyridine rings is 1. The van der Waals surface area contributed by atoms with Crippen LogP contribution in [0.2, 0.25) is 0 Å². The highest BCUT2D eigenvalue weighted by Gasteiger charge is 2.19. The summed E-state index contributed by atoms with van der Waals surface area (Å²) in [5.74, 6) is 0.601. The van der Waals surface area contributed by atoms with E-state index in [1.807, 2.05) is 0 Å². The Morgan fingerprint density at radius 1 is 1.24 bits per heavy atom. The molecular formula is C15H16ClN. The normalized spacial score (nSPS) is 14.3. The van der Waals surface area contributed by atoms with Gasteiger partial charge in [0.2, 0.25) is 0 Å². The second kappa shape index (κ2) is 3.99. The Labute approximate surface area is 107 Å². The second-order valence-electron chi connectivity index (χ2n) is 4.98.